The van der Waals surface area contributed by atoms with Gasteiger partial charge in [-0.05, 0) is 5.56 Å². The van der Waals surface area contributed by atoms with Crippen LogP contribution in [0.5, 0.6) is 0 Å². The molecule has 5 heteroatoms. The Morgan fingerprint density at radius 1 is 1.24 bits per heavy atom. The molecule has 0 aliphatic heterocycles. The fourth-order valence-electron chi connectivity index (χ4n) is 2.07. The van der Waals surface area contributed by atoms with Gasteiger partial charge in [0, 0.05) is 10.9 Å². The first-order valence-electron chi connectivity index (χ1n) is 6.47. The summed E-state index contributed by atoms with van der Waals surface area (Å²) in [6.45, 7) is 4.41. The predicted octanol–water partition coefficient (Wildman–Crippen LogP) is 4.71. The number of hydrogen-bond acceptors (Lipinski definition) is 4. The first-order chi connectivity index (χ1) is 10.3. The normalized spacial score (nSPS) is 10.9. The summed E-state index contributed by atoms with van der Waals surface area (Å²) in [5.74, 6) is 0.593. The maximum Gasteiger partial charge on any atom is 0.157 e. The number of ether oxygens (including phenoxy) is 1. The highest BCUT2D eigenvalue weighted by molar-refractivity contribution is 7.17. The van der Waals surface area contributed by atoms with Gasteiger partial charge in [0.05, 0.1) is 12.0 Å². The summed E-state index contributed by atoms with van der Waals surface area (Å²) >= 11 is 7.92. The highest BCUT2D eigenvalue weighted by Gasteiger charge is 2.13. The molecule has 0 saturated carbocycles. The fourth-order valence-corrected chi connectivity index (χ4v) is 3.38. The second-order valence-electron chi connectivity index (χ2n) is 4.43. The Bertz CT molecular complexity index is 771. The van der Waals surface area contributed by atoms with Crippen LogP contribution < -0.4 is 0 Å². The molecule has 3 nitrogen and oxygen atoms in total. The number of aromatic nitrogens is 2. The van der Waals surface area contributed by atoms with E-state index in [4.69, 9.17) is 16.3 Å². The third-order valence-electron chi connectivity index (χ3n) is 2.99. The van der Waals surface area contributed by atoms with Gasteiger partial charge in [0.1, 0.15) is 16.6 Å². The number of hydrogen-bond donors (Lipinski definition) is 0. The zero-order valence-corrected chi connectivity index (χ0v) is 12.8. The Morgan fingerprint density at radius 3 is 2.81 bits per heavy atom. The maximum atomic E-state index is 6.35. The van der Waals surface area contributed by atoms with Gasteiger partial charge in [0.15, 0.2) is 5.82 Å². The lowest BCUT2D eigenvalue weighted by atomic mass is 10.1. The maximum absolute atomic E-state index is 6.35. The molecule has 0 fully saturated rings. The van der Waals surface area contributed by atoms with Crippen LogP contribution in [0.25, 0.3) is 21.3 Å². The molecule has 0 aliphatic rings. The molecule has 106 valence electrons. The summed E-state index contributed by atoms with van der Waals surface area (Å²) in [6.07, 6.45) is 1.69. The van der Waals surface area contributed by atoms with E-state index in [1.807, 2.05) is 18.2 Å². The molecule has 0 amide bonds. The summed E-state index contributed by atoms with van der Waals surface area (Å²) in [5, 5.41) is 3.44. The van der Waals surface area contributed by atoms with E-state index in [2.05, 4.69) is 34.1 Å². The van der Waals surface area contributed by atoms with Gasteiger partial charge in [0.25, 0.3) is 0 Å². The van der Waals surface area contributed by atoms with Crippen molar-refractivity contribution in [3.05, 3.63) is 59.3 Å². The minimum absolute atomic E-state index is 0.334. The van der Waals surface area contributed by atoms with Crippen molar-refractivity contribution in [3.63, 3.8) is 0 Å². The van der Waals surface area contributed by atoms with Crippen LogP contribution in [0, 0.1) is 0 Å². The van der Waals surface area contributed by atoms with Gasteiger partial charge in [-0.2, -0.15) is 0 Å². The fraction of sp³-hybridized carbons (Fsp3) is 0.125. The SMILES string of the molecule is C=CCOCc1nc(Cl)c2c(-c3ccccc3)csc2n1. The average molecular weight is 317 g/mol. The summed E-state index contributed by atoms with van der Waals surface area (Å²) < 4.78 is 5.37. The van der Waals surface area contributed by atoms with Crippen molar-refractivity contribution in [2.75, 3.05) is 6.61 Å². The van der Waals surface area contributed by atoms with Gasteiger partial charge in [0.2, 0.25) is 0 Å². The molecule has 0 saturated heterocycles. The third-order valence-corrected chi connectivity index (χ3v) is 4.13. The van der Waals surface area contributed by atoms with Gasteiger partial charge >= 0.3 is 0 Å². The first kappa shape index (κ1) is 14.2. The van der Waals surface area contributed by atoms with Crippen molar-refractivity contribution in [1.82, 2.24) is 9.97 Å². The second kappa shape index (κ2) is 6.35. The van der Waals surface area contributed by atoms with Gasteiger partial charge < -0.3 is 4.74 Å². The molecule has 0 aliphatic carbocycles. The summed E-state index contributed by atoms with van der Waals surface area (Å²) in [5.41, 5.74) is 2.18. The molecule has 2 heterocycles. The molecule has 0 radical (unpaired) electrons. The van der Waals surface area contributed by atoms with Crippen LogP contribution in [0.2, 0.25) is 5.15 Å². The van der Waals surface area contributed by atoms with Gasteiger partial charge in [-0.3, -0.25) is 0 Å². The van der Waals surface area contributed by atoms with Gasteiger partial charge in [-0.25, -0.2) is 9.97 Å². The number of thiophene rings is 1. The molecule has 2 aromatic heterocycles. The minimum atomic E-state index is 0.334. The highest BCUT2D eigenvalue weighted by atomic mass is 35.5. The van der Waals surface area contributed by atoms with E-state index >= 15 is 0 Å². The number of halogens is 1. The van der Waals surface area contributed by atoms with Crippen LogP contribution in [0.1, 0.15) is 5.82 Å². The van der Waals surface area contributed by atoms with Crippen LogP contribution in [0.3, 0.4) is 0 Å². The van der Waals surface area contributed by atoms with Gasteiger partial charge in [-0.1, -0.05) is 48.0 Å². The summed E-state index contributed by atoms with van der Waals surface area (Å²) in [6, 6.07) is 10.1. The molecule has 0 spiro atoms. The second-order valence-corrected chi connectivity index (χ2v) is 5.65. The first-order valence-corrected chi connectivity index (χ1v) is 7.73. The number of rotatable bonds is 5. The highest BCUT2D eigenvalue weighted by Crippen LogP contribution is 2.36. The lowest BCUT2D eigenvalue weighted by Crippen LogP contribution is -1.99. The van der Waals surface area contributed by atoms with E-state index in [1.165, 1.54) is 0 Å². The topological polar surface area (TPSA) is 35.0 Å². The molecule has 0 unspecified atom stereocenters. The van der Waals surface area contributed by atoms with Crippen LogP contribution in [-0.4, -0.2) is 16.6 Å². The zero-order valence-electron chi connectivity index (χ0n) is 11.3. The zero-order chi connectivity index (χ0) is 14.7. The van der Waals surface area contributed by atoms with Crippen LogP contribution >= 0.6 is 22.9 Å². The van der Waals surface area contributed by atoms with Crippen molar-refractivity contribution in [2.45, 2.75) is 6.61 Å². The molecular weight excluding hydrogens is 304 g/mol. The van der Waals surface area contributed by atoms with Crippen molar-refractivity contribution in [3.8, 4) is 11.1 Å². The Labute approximate surface area is 131 Å². The van der Waals surface area contributed by atoms with E-state index in [0.29, 0.717) is 24.2 Å². The van der Waals surface area contributed by atoms with Crippen LogP contribution in [-0.2, 0) is 11.3 Å². The molecule has 0 N–H and O–H groups in total. The molecule has 0 bridgehead atoms. The van der Waals surface area contributed by atoms with Crippen LogP contribution in [0.15, 0.2) is 48.4 Å². The van der Waals surface area contributed by atoms with Crippen LogP contribution in [0.4, 0.5) is 0 Å². The summed E-state index contributed by atoms with van der Waals surface area (Å²) in [4.78, 5) is 9.73. The van der Waals surface area contributed by atoms with Crippen molar-refractivity contribution in [2.24, 2.45) is 0 Å². The average Bonchev–Trinajstić information content (AvgIpc) is 2.93. The Hall–Kier alpha value is -1.75. The third kappa shape index (κ3) is 2.97. The Kier molecular flexibility index (Phi) is 4.29. The lowest BCUT2D eigenvalue weighted by molar-refractivity contribution is 0.143. The molecule has 21 heavy (non-hydrogen) atoms. The molecule has 0 atom stereocenters. The number of benzene rings is 1. The number of nitrogens with zero attached hydrogens (tertiary/aromatic N) is 2. The monoisotopic (exact) mass is 316 g/mol. The largest absolute Gasteiger partial charge is 0.369 e. The van der Waals surface area contributed by atoms with E-state index in [-0.39, 0.29) is 0 Å². The van der Waals surface area contributed by atoms with Crippen molar-refractivity contribution >= 4 is 33.2 Å². The summed E-state index contributed by atoms with van der Waals surface area (Å²) in [7, 11) is 0. The van der Waals surface area contributed by atoms with E-state index in [9.17, 15) is 0 Å². The molecular formula is C16H13ClN2OS. The molecule has 3 rings (SSSR count). The van der Waals surface area contributed by atoms with E-state index in [1.54, 1.807) is 17.4 Å². The standard InChI is InChI=1S/C16H13ClN2OS/c1-2-8-20-9-13-18-15(17)14-12(10-21-16(14)19-13)11-6-4-3-5-7-11/h2-7,10H,1,8-9H2. The minimum Gasteiger partial charge on any atom is -0.369 e. The number of fused-ring (bicyclic) bond motifs is 1. The predicted molar refractivity (Wildman–Crippen MR) is 87.7 cm³/mol. The van der Waals surface area contributed by atoms with Crippen molar-refractivity contribution < 1.29 is 4.74 Å². The molecule has 1 aromatic carbocycles. The lowest BCUT2D eigenvalue weighted by Gasteiger charge is -2.04. The van der Waals surface area contributed by atoms with E-state index < -0.39 is 0 Å². The van der Waals surface area contributed by atoms with E-state index in [0.717, 1.165) is 21.3 Å². The Balaban J connectivity index is 2.01. The quantitative estimate of drug-likeness (QED) is 0.388. The smallest absolute Gasteiger partial charge is 0.157 e. The Morgan fingerprint density at radius 2 is 2.05 bits per heavy atom. The van der Waals surface area contributed by atoms with Crippen molar-refractivity contribution in [1.29, 1.82) is 0 Å². The molecule has 3 aromatic rings. The van der Waals surface area contributed by atoms with Gasteiger partial charge in [-0.15, -0.1) is 17.9 Å².